The minimum absolute atomic E-state index is 0.0407. The molecule has 0 spiro atoms. The van der Waals surface area contributed by atoms with E-state index >= 15 is 0 Å². The van der Waals surface area contributed by atoms with Gasteiger partial charge < -0.3 is 9.84 Å². The highest BCUT2D eigenvalue weighted by Gasteiger charge is 2.39. The van der Waals surface area contributed by atoms with Gasteiger partial charge in [-0.15, -0.1) is 21.5 Å². The van der Waals surface area contributed by atoms with Crippen LogP contribution >= 0.6 is 11.3 Å². The van der Waals surface area contributed by atoms with Gasteiger partial charge in [-0.1, -0.05) is 62.1 Å². The molecule has 1 aliphatic carbocycles. The number of amides is 1. The van der Waals surface area contributed by atoms with E-state index in [1.165, 1.54) is 11.3 Å². The van der Waals surface area contributed by atoms with Gasteiger partial charge >= 0.3 is 5.97 Å². The molecule has 2 aliphatic rings. The number of thiazole rings is 1. The number of aromatic nitrogens is 3. The molecule has 1 aliphatic heterocycles. The Morgan fingerprint density at radius 3 is 2.51 bits per heavy atom. The number of benzene rings is 1. The van der Waals surface area contributed by atoms with Crippen molar-refractivity contribution in [1.82, 2.24) is 15.2 Å². The maximum absolute atomic E-state index is 13.9. The maximum Gasteiger partial charge on any atom is 0.304 e. The van der Waals surface area contributed by atoms with Crippen LogP contribution in [0, 0.1) is 17.8 Å². The normalized spacial score (nSPS) is 20.6. The molecule has 2 aromatic heterocycles. The molecule has 3 aromatic rings. The number of ether oxygens (including phenoxy) is 1. The molecule has 3 heterocycles. The van der Waals surface area contributed by atoms with Crippen LogP contribution in [0.2, 0.25) is 0 Å². The summed E-state index contributed by atoms with van der Waals surface area (Å²) in [4.78, 5) is 32.2. The van der Waals surface area contributed by atoms with Crippen molar-refractivity contribution in [2.75, 3.05) is 18.6 Å². The van der Waals surface area contributed by atoms with Crippen molar-refractivity contribution >= 4 is 28.3 Å². The van der Waals surface area contributed by atoms with Crippen LogP contribution in [-0.2, 0) is 9.59 Å². The first-order valence-electron chi connectivity index (χ1n) is 12.7. The van der Waals surface area contributed by atoms with Gasteiger partial charge in [0.25, 0.3) is 0 Å². The lowest BCUT2D eigenvalue weighted by atomic mass is 9.75. The third-order valence-corrected chi connectivity index (χ3v) is 8.28. The van der Waals surface area contributed by atoms with Gasteiger partial charge in [0.15, 0.2) is 5.13 Å². The minimum atomic E-state index is -0.930. The summed E-state index contributed by atoms with van der Waals surface area (Å²) in [5, 5.41) is 20.6. The number of carbonyl (C=O) groups is 2. The number of hydrogen-bond acceptors (Lipinski definition) is 7. The van der Waals surface area contributed by atoms with Crippen molar-refractivity contribution in [3.8, 4) is 28.4 Å². The van der Waals surface area contributed by atoms with E-state index in [1.54, 1.807) is 18.1 Å². The van der Waals surface area contributed by atoms with Gasteiger partial charge in [0.2, 0.25) is 11.8 Å². The number of hydrogen-bond donors (Lipinski definition) is 1. The molecule has 192 valence electrons. The summed E-state index contributed by atoms with van der Waals surface area (Å²) in [5.41, 5.74) is 3.18. The van der Waals surface area contributed by atoms with E-state index in [0.29, 0.717) is 29.2 Å². The van der Waals surface area contributed by atoms with Crippen LogP contribution in [0.15, 0.2) is 53.9 Å². The lowest BCUT2D eigenvalue weighted by Crippen LogP contribution is -2.43. The average molecular weight is 519 g/mol. The van der Waals surface area contributed by atoms with E-state index in [1.807, 2.05) is 41.8 Å². The maximum atomic E-state index is 13.9. The van der Waals surface area contributed by atoms with E-state index in [2.05, 4.69) is 16.3 Å². The summed E-state index contributed by atoms with van der Waals surface area (Å²) < 4.78 is 5.13. The van der Waals surface area contributed by atoms with Crippen molar-refractivity contribution in [1.29, 1.82) is 0 Å². The number of aliphatic carboxylic acids is 1. The molecule has 5 rings (SSSR count). The second-order valence-electron chi connectivity index (χ2n) is 9.59. The van der Waals surface area contributed by atoms with Crippen LogP contribution in [0.5, 0.6) is 5.88 Å². The number of allylic oxidation sites excluding steroid dienone is 1. The number of rotatable bonds is 7. The highest BCUT2D eigenvalue weighted by atomic mass is 32.1. The van der Waals surface area contributed by atoms with Crippen LogP contribution in [0.25, 0.3) is 22.5 Å². The Hall–Kier alpha value is -3.59. The van der Waals surface area contributed by atoms with Gasteiger partial charge in [-0.25, -0.2) is 4.98 Å². The summed E-state index contributed by atoms with van der Waals surface area (Å²) in [6, 6.07) is 11.4. The molecule has 37 heavy (non-hydrogen) atoms. The summed E-state index contributed by atoms with van der Waals surface area (Å²) in [7, 11) is 1.55. The second-order valence-corrected chi connectivity index (χ2v) is 10.4. The molecule has 1 aromatic carbocycles. The lowest BCUT2D eigenvalue weighted by molar-refractivity contribution is -0.142. The predicted molar refractivity (Wildman–Crippen MR) is 142 cm³/mol. The number of carbonyl (C=O) groups excluding carboxylic acids is 1. The molecule has 8 nitrogen and oxygen atoms in total. The molecule has 2 atom stereocenters. The van der Waals surface area contributed by atoms with Gasteiger partial charge in [-0.2, -0.15) is 0 Å². The molecule has 1 saturated carbocycles. The van der Waals surface area contributed by atoms with Gasteiger partial charge in [-0.05, 0) is 24.3 Å². The van der Waals surface area contributed by atoms with E-state index in [-0.39, 0.29) is 18.2 Å². The highest BCUT2D eigenvalue weighted by molar-refractivity contribution is 7.14. The SMILES string of the molecule is COc1ccc(-c2ccccc2-c2csc(N3CC=CC[C@H](C4CCCC4)[C@H](CC(=O)O)C3=O)n2)nn1. The van der Waals surface area contributed by atoms with Gasteiger partial charge in [0.05, 0.1) is 30.8 Å². The van der Waals surface area contributed by atoms with Crippen LogP contribution < -0.4 is 9.64 Å². The van der Waals surface area contributed by atoms with E-state index < -0.39 is 11.9 Å². The Labute approximate surface area is 220 Å². The lowest BCUT2D eigenvalue weighted by Gasteiger charge is -2.34. The van der Waals surface area contributed by atoms with E-state index in [0.717, 1.165) is 48.9 Å². The van der Waals surface area contributed by atoms with Gasteiger partial charge in [-0.3, -0.25) is 14.5 Å². The monoisotopic (exact) mass is 518 g/mol. The average Bonchev–Trinajstić information content (AvgIpc) is 3.62. The third-order valence-electron chi connectivity index (χ3n) is 7.41. The topological polar surface area (TPSA) is 106 Å². The first-order valence-corrected chi connectivity index (χ1v) is 13.5. The quantitative estimate of drug-likeness (QED) is 0.414. The Morgan fingerprint density at radius 2 is 1.84 bits per heavy atom. The number of methoxy groups -OCH3 is 1. The van der Waals surface area contributed by atoms with E-state index in [4.69, 9.17) is 9.72 Å². The highest BCUT2D eigenvalue weighted by Crippen LogP contribution is 2.41. The minimum Gasteiger partial charge on any atom is -0.481 e. The zero-order valence-electron chi connectivity index (χ0n) is 20.7. The molecule has 1 N–H and O–H groups in total. The van der Waals surface area contributed by atoms with E-state index in [9.17, 15) is 14.7 Å². The molecule has 0 unspecified atom stereocenters. The number of anilines is 1. The smallest absolute Gasteiger partial charge is 0.304 e. The van der Waals surface area contributed by atoms with Gasteiger partial charge in [0, 0.05) is 29.1 Å². The first kappa shape index (κ1) is 25.1. The Morgan fingerprint density at radius 1 is 1.08 bits per heavy atom. The zero-order chi connectivity index (χ0) is 25.8. The molecule has 0 radical (unpaired) electrons. The van der Waals surface area contributed by atoms with Gasteiger partial charge in [0.1, 0.15) is 0 Å². The molecule has 0 saturated heterocycles. The fourth-order valence-electron chi connectivity index (χ4n) is 5.59. The Bertz CT molecular complexity index is 1280. The number of carboxylic acid groups (broad SMARTS) is 1. The van der Waals surface area contributed by atoms with Crippen LogP contribution in [0.4, 0.5) is 5.13 Å². The summed E-state index contributed by atoms with van der Waals surface area (Å²) in [6.45, 7) is 0.380. The molecule has 9 heteroatoms. The third kappa shape index (κ3) is 5.41. The van der Waals surface area contributed by atoms with Crippen molar-refractivity contribution in [2.24, 2.45) is 17.8 Å². The standard InChI is InChI=1S/C28H30N4O4S/c1-36-25-14-13-23(30-31-25)20-11-4-5-12-21(20)24-17-37-28(29-24)32-15-7-6-10-19(18-8-2-3-9-18)22(27(32)35)16-26(33)34/h4-7,11-14,17-19,22H,2-3,8-10,15-16H2,1H3,(H,33,34)/t19-,22+/m1/s1. The second kappa shape index (κ2) is 11.2. The molecule has 0 bridgehead atoms. The molecular formula is C28H30N4O4S. The van der Waals surface area contributed by atoms with Crippen LogP contribution in [-0.4, -0.2) is 45.8 Å². The Balaban J connectivity index is 1.46. The summed E-state index contributed by atoms with van der Waals surface area (Å²) in [5.74, 6) is -0.757. The number of nitrogens with zero attached hydrogens (tertiary/aromatic N) is 4. The summed E-state index contributed by atoms with van der Waals surface area (Å²) >= 11 is 1.39. The molecular weight excluding hydrogens is 488 g/mol. The Kier molecular flexibility index (Phi) is 7.60. The fraction of sp³-hybridized carbons (Fsp3) is 0.393. The number of carboxylic acids is 1. The fourth-order valence-corrected chi connectivity index (χ4v) is 6.43. The van der Waals surface area contributed by atoms with Crippen molar-refractivity contribution < 1.29 is 19.4 Å². The largest absolute Gasteiger partial charge is 0.481 e. The van der Waals surface area contributed by atoms with Crippen molar-refractivity contribution in [3.63, 3.8) is 0 Å². The van der Waals surface area contributed by atoms with Crippen LogP contribution in [0.1, 0.15) is 38.5 Å². The first-order chi connectivity index (χ1) is 18.0. The zero-order valence-corrected chi connectivity index (χ0v) is 21.6. The van der Waals surface area contributed by atoms with Crippen molar-refractivity contribution in [3.05, 3.63) is 53.9 Å². The van der Waals surface area contributed by atoms with Crippen molar-refractivity contribution in [2.45, 2.75) is 38.5 Å². The van der Waals surface area contributed by atoms with Crippen LogP contribution in [0.3, 0.4) is 0 Å². The predicted octanol–water partition coefficient (Wildman–Crippen LogP) is 5.47. The molecule has 1 amide bonds. The molecule has 1 fully saturated rings. The summed E-state index contributed by atoms with van der Waals surface area (Å²) in [6.07, 6.45) is 9.15.